The molecule has 1 N–H and O–H groups in total. The number of rotatable bonds is 4. The van der Waals surface area contributed by atoms with Crippen LogP contribution in [0.25, 0.3) is 6.08 Å². The zero-order chi connectivity index (χ0) is 18.1. The summed E-state index contributed by atoms with van der Waals surface area (Å²) >= 11 is 1.45. The van der Waals surface area contributed by atoms with Gasteiger partial charge in [-0.15, -0.1) is 11.8 Å². The van der Waals surface area contributed by atoms with Gasteiger partial charge >= 0.3 is 0 Å². The molecule has 1 unspecified atom stereocenters. The highest BCUT2D eigenvalue weighted by Gasteiger charge is 2.30. The average Bonchev–Trinajstić information content (AvgIpc) is 3.46. The molecule has 1 atom stereocenters. The molecule has 132 valence electrons. The van der Waals surface area contributed by atoms with E-state index in [1.807, 2.05) is 42.5 Å². The fourth-order valence-electron chi connectivity index (χ4n) is 2.72. The Kier molecular flexibility index (Phi) is 4.51. The van der Waals surface area contributed by atoms with Crippen LogP contribution in [0.1, 0.15) is 18.4 Å². The predicted molar refractivity (Wildman–Crippen MR) is 103 cm³/mol. The van der Waals surface area contributed by atoms with E-state index in [1.165, 1.54) is 11.8 Å². The minimum atomic E-state index is -0.273. The molecule has 0 aromatic heterocycles. The fraction of sp³-hybridized carbons (Fsp3) is 0.250. The van der Waals surface area contributed by atoms with E-state index in [4.69, 9.17) is 4.74 Å². The lowest BCUT2D eigenvalue weighted by molar-refractivity contribution is -0.117. The smallest absolute Gasteiger partial charge is 0.283 e. The van der Waals surface area contributed by atoms with Crippen molar-refractivity contribution in [3.05, 3.63) is 58.5 Å². The summed E-state index contributed by atoms with van der Waals surface area (Å²) in [5.74, 6) is 0.403. The van der Waals surface area contributed by atoms with Crippen molar-refractivity contribution in [1.82, 2.24) is 5.32 Å². The largest absolute Gasteiger partial charge is 0.497 e. The van der Waals surface area contributed by atoms with Crippen LogP contribution in [0.5, 0.6) is 5.75 Å². The third-order valence-electron chi connectivity index (χ3n) is 4.33. The SMILES string of the molecule is COc1ccc(/C=C2/SC3C=CC(C(=O)NC4CC4)=CC3=NC2=O)cc1. The van der Waals surface area contributed by atoms with Crippen LogP contribution in [-0.4, -0.2) is 35.9 Å². The topological polar surface area (TPSA) is 67.8 Å². The van der Waals surface area contributed by atoms with Gasteiger partial charge in [-0.3, -0.25) is 9.59 Å². The van der Waals surface area contributed by atoms with Crippen LogP contribution in [0.4, 0.5) is 0 Å². The summed E-state index contributed by atoms with van der Waals surface area (Å²) in [5.41, 5.74) is 2.11. The molecular formula is C20H18N2O3S. The molecule has 2 aliphatic carbocycles. The van der Waals surface area contributed by atoms with Crippen molar-refractivity contribution in [2.75, 3.05) is 7.11 Å². The molecule has 1 fully saturated rings. The number of thioether (sulfide) groups is 1. The molecule has 0 radical (unpaired) electrons. The van der Waals surface area contributed by atoms with Gasteiger partial charge in [0, 0.05) is 11.6 Å². The van der Waals surface area contributed by atoms with E-state index < -0.39 is 0 Å². The first-order chi connectivity index (χ1) is 12.6. The maximum absolute atomic E-state index is 12.4. The normalized spacial score (nSPS) is 23.2. The van der Waals surface area contributed by atoms with E-state index in [0.717, 1.165) is 24.2 Å². The number of nitrogens with zero attached hydrogens (tertiary/aromatic N) is 1. The van der Waals surface area contributed by atoms with Gasteiger partial charge in [0.1, 0.15) is 5.75 Å². The molecule has 2 amide bonds. The molecule has 5 nitrogen and oxygen atoms in total. The van der Waals surface area contributed by atoms with Gasteiger partial charge in [-0.05, 0) is 42.7 Å². The van der Waals surface area contributed by atoms with E-state index in [-0.39, 0.29) is 17.1 Å². The van der Waals surface area contributed by atoms with E-state index in [9.17, 15) is 9.59 Å². The van der Waals surface area contributed by atoms with E-state index in [2.05, 4.69) is 10.3 Å². The molecule has 0 saturated heterocycles. The van der Waals surface area contributed by atoms with Crippen LogP contribution >= 0.6 is 11.8 Å². The molecule has 1 aromatic carbocycles. The number of methoxy groups -OCH3 is 1. The molecule has 1 heterocycles. The minimum Gasteiger partial charge on any atom is -0.497 e. The first kappa shape index (κ1) is 16.8. The lowest BCUT2D eigenvalue weighted by Crippen LogP contribution is -2.30. The number of hydrogen-bond acceptors (Lipinski definition) is 4. The monoisotopic (exact) mass is 366 g/mol. The number of nitrogens with one attached hydrogen (secondary N) is 1. The van der Waals surface area contributed by atoms with Crippen molar-refractivity contribution >= 4 is 35.4 Å². The summed E-state index contributed by atoms with van der Waals surface area (Å²) in [6, 6.07) is 7.81. The molecule has 1 aromatic rings. The Balaban J connectivity index is 1.53. The van der Waals surface area contributed by atoms with Crippen molar-refractivity contribution in [2.24, 2.45) is 4.99 Å². The Morgan fingerprint density at radius 3 is 2.77 bits per heavy atom. The minimum absolute atomic E-state index is 0.0466. The second kappa shape index (κ2) is 6.96. The lowest BCUT2D eigenvalue weighted by atomic mass is 10.0. The number of amides is 2. The van der Waals surface area contributed by atoms with Gasteiger partial charge in [0.05, 0.1) is 23.0 Å². The van der Waals surface area contributed by atoms with Gasteiger partial charge < -0.3 is 10.1 Å². The van der Waals surface area contributed by atoms with Crippen LogP contribution in [0.3, 0.4) is 0 Å². The van der Waals surface area contributed by atoms with Crippen LogP contribution in [0.15, 0.2) is 58.0 Å². The Hall–Kier alpha value is -2.60. The highest BCUT2D eigenvalue weighted by atomic mass is 32.2. The number of carbonyl (C=O) groups excluding carboxylic acids is 2. The quantitative estimate of drug-likeness (QED) is 0.832. The molecule has 4 rings (SSSR count). The zero-order valence-electron chi connectivity index (χ0n) is 14.3. The Morgan fingerprint density at radius 2 is 2.08 bits per heavy atom. The zero-order valence-corrected chi connectivity index (χ0v) is 15.1. The van der Waals surface area contributed by atoms with Crippen molar-refractivity contribution in [3.8, 4) is 5.75 Å². The van der Waals surface area contributed by atoms with Crippen LogP contribution < -0.4 is 10.1 Å². The van der Waals surface area contributed by atoms with E-state index >= 15 is 0 Å². The number of aliphatic imine (C=N–C) groups is 1. The lowest BCUT2D eigenvalue weighted by Gasteiger charge is -2.22. The highest BCUT2D eigenvalue weighted by Crippen LogP contribution is 2.34. The number of benzene rings is 1. The summed E-state index contributed by atoms with van der Waals surface area (Å²) in [6.07, 6.45) is 9.38. The second-order valence-electron chi connectivity index (χ2n) is 6.37. The number of hydrogen-bond donors (Lipinski definition) is 1. The van der Waals surface area contributed by atoms with Gasteiger partial charge in [0.15, 0.2) is 0 Å². The van der Waals surface area contributed by atoms with Gasteiger partial charge in [-0.2, -0.15) is 0 Å². The second-order valence-corrected chi connectivity index (χ2v) is 7.55. The molecule has 6 heteroatoms. The molecule has 1 saturated carbocycles. The Morgan fingerprint density at radius 1 is 1.31 bits per heavy atom. The number of ether oxygens (including phenoxy) is 1. The summed E-state index contributed by atoms with van der Waals surface area (Å²) < 4.78 is 5.15. The van der Waals surface area contributed by atoms with Crippen molar-refractivity contribution in [2.45, 2.75) is 24.1 Å². The summed E-state index contributed by atoms with van der Waals surface area (Å²) in [7, 11) is 1.62. The third kappa shape index (κ3) is 3.65. The summed E-state index contributed by atoms with van der Waals surface area (Å²) in [6.45, 7) is 0. The molecule has 0 bridgehead atoms. The maximum Gasteiger partial charge on any atom is 0.283 e. The summed E-state index contributed by atoms with van der Waals surface area (Å²) in [4.78, 5) is 29.3. The number of fused-ring (bicyclic) bond motifs is 1. The van der Waals surface area contributed by atoms with Crippen LogP contribution in [-0.2, 0) is 9.59 Å². The fourth-order valence-corrected chi connectivity index (χ4v) is 3.74. The molecule has 0 spiro atoms. The maximum atomic E-state index is 12.4. The standard InChI is InChI=1S/C20H18N2O3S/c1-25-15-7-2-12(3-8-15)10-18-20(24)22-16-11-13(4-9-17(16)26-18)19(23)21-14-5-6-14/h2-4,7-11,14,17H,5-6H2,1H3,(H,21,23)/b18-10+. The van der Waals surface area contributed by atoms with E-state index in [0.29, 0.717) is 22.2 Å². The Bertz CT molecular complexity index is 877. The van der Waals surface area contributed by atoms with Gasteiger partial charge in [0.2, 0.25) is 0 Å². The third-order valence-corrected chi connectivity index (χ3v) is 5.53. The first-order valence-electron chi connectivity index (χ1n) is 8.48. The summed E-state index contributed by atoms with van der Waals surface area (Å²) in [5, 5.41) is 2.91. The van der Waals surface area contributed by atoms with Gasteiger partial charge in [-0.1, -0.05) is 24.3 Å². The van der Waals surface area contributed by atoms with Gasteiger partial charge in [0.25, 0.3) is 11.8 Å². The number of carbonyl (C=O) groups is 2. The molecule has 26 heavy (non-hydrogen) atoms. The first-order valence-corrected chi connectivity index (χ1v) is 9.36. The van der Waals surface area contributed by atoms with E-state index in [1.54, 1.807) is 13.2 Å². The Labute approximate surface area is 155 Å². The highest BCUT2D eigenvalue weighted by molar-refractivity contribution is 8.05. The van der Waals surface area contributed by atoms with Crippen molar-refractivity contribution in [1.29, 1.82) is 0 Å². The average molecular weight is 366 g/mol. The van der Waals surface area contributed by atoms with Crippen LogP contribution in [0, 0.1) is 0 Å². The van der Waals surface area contributed by atoms with Crippen LogP contribution in [0.2, 0.25) is 0 Å². The molecular weight excluding hydrogens is 348 g/mol. The van der Waals surface area contributed by atoms with Gasteiger partial charge in [-0.25, -0.2) is 4.99 Å². The van der Waals surface area contributed by atoms with Crippen molar-refractivity contribution < 1.29 is 14.3 Å². The number of allylic oxidation sites excluding steroid dienone is 1. The predicted octanol–water partition coefficient (Wildman–Crippen LogP) is 2.89. The van der Waals surface area contributed by atoms with Crippen molar-refractivity contribution in [3.63, 3.8) is 0 Å². The molecule has 3 aliphatic rings. The molecule has 1 aliphatic heterocycles.